The van der Waals surface area contributed by atoms with Crippen LogP contribution in [0.5, 0.6) is 0 Å². The summed E-state index contributed by atoms with van der Waals surface area (Å²) in [6, 6.07) is 7.36. The number of carbonyl (C=O) groups excluding carboxylic acids is 1. The number of Topliss-reactive ketones (excluding diaryl/α,β-unsaturated/α-hetero) is 1. The van der Waals surface area contributed by atoms with Crippen molar-refractivity contribution in [3.8, 4) is 0 Å². The van der Waals surface area contributed by atoms with Gasteiger partial charge in [0.1, 0.15) is 5.82 Å². The second-order valence-corrected chi connectivity index (χ2v) is 6.74. The molecule has 0 fully saturated rings. The van der Waals surface area contributed by atoms with Crippen molar-refractivity contribution in [2.24, 2.45) is 5.92 Å². The van der Waals surface area contributed by atoms with Gasteiger partial charge in [0.15, 0.2) is 5.78 Å². The van der Waals surface area contributed by atoms with E-state index in [0.717, 1.165) is 16.7 Å². The quantitative estimate of drug-likeness (QED) is 0.634. The molecule has 0 bridgehead atoms. The lowest BCUT2D eigenvalue weighted by molar-refractivity contribution is 0.102. The molecule has 1 heterocycles. The summed E-state index contributed by atoms with van der Waals surface area (Å²) >= 11 is 4.71. The van der Waals surface area contributed by atoms with Gasteiger partial charge in [-0.1, -0.05) is 53.7 Å². The van der Waals surface area contributed by atoms with Crippen molar-refractivity contribution in [2.45, 2.75) is 25.4 Å². The fraction of sp³-hybridized carbons (Fsp3) is 0.357. The first-order valence-corrected chi connectivity index (χ1v) is 8.15. The van der Waals surface area contributed by atoms with Crippen molar-refractivity contribution in [1.82, 2.24) is 15.2 Å². The first-order chi connectivity index (χ1) is 9.54. The van der Waals surface area contributed by atoms with E-state index >= 15 is 0 Å². The second-order valence-electron chi connectivity index (χ2n) is 4.88. The minimum Gasteiger partial charge on any atom is -0.293 e. The van der Waals surface area contributed by atoms with E-state index in [0.29, 0.717) is 22.4 Å². The van der Waals surface area contributed by atoms with Crippen molar-refractivity contribution >= 4 is 33.5 Å². The Labute approximate surface area is 130 Å². The smallest absolute Gasteiger partial charge is 0.208 e. The van der Waals surface area contributed by atoms with Gasteiger partial charge in [0.05, 0.1) is 5.75 Å². The van der Waals surface area contributed by atoms with E-state index in [1.54, 1.807) is 0 Å². The van der Waals surface area contributed by atoms with Gasteiger partial charge in [-0.2, -0.15) is 0 Å². The lowest BCUT2D eigenvalue weighted by Crippen LogP contribution is -2.02. The molecule has 0 aliphatic carbocycles. The van der Waals surface area contributed by atoms with Crippen LogP contribution >= 0.6 is 27.7 Å². The van der Waals surface area contributed by atoms with Crippen LogP contribution in [0.25, 0.3) is 0 Å². The van der Waals surface area contributed by atoms with Gasteiger partial charge in [0.2, 0.25) is 5.16 Å². The fourth-order valence-corrected chi connectivity index (χ4v) is 2.65. The zero-order chi connectivity index (χ0) is 14.5. The van der Waals surface area contributed by atoms with Gasteiger partial charge >= 0.3 is 0 Å². The summed E-state index contributed by atoms with van der Waals surface area (Å²) < 4.78 is 0.967. The van der Waals surface area contributed by atoms with Crippen LogP contribution < -0.4 is 0 Å². The molecule has 0 unspecified atom stereocenters. The minimum atomic E-state index is 0.0812. The number of thioether (sulfide) groups is 1. The maximum atomic E-state index is 12.0. The Morgan fingerprint density at radius 3 is 2.70 bits per heavy atom. The van der Waals surface area contributed by atoms with Crippen LogP contribution in [0.4, 0.5) is 0 Å². The van der Waals surface area contributed by atoms with E-state index in [4.69, 9.17) is 0 Å². The van der Waals surface area contributed by atoms with Gasteiger partial charge in [-0.15, -0.1) is 5.10 Å². The molecule has 0 spiro atoms. The molecule has 20 heavy (non-hydrogen) atoms. The Kier molecular flexibility index (Phi) is 5.37. The highest BCUT2D eigenvalue weighted by Crippen LogP contribution is 2.17. The number of ketones is 1. The first kappa shape index (κ1) is 15.3. The van der Waals surface area contributed by atoms with Crippen LogP contribution in [0.3, 0.4) is 0 Å². The molecule has 1 aromatic heterocycles. The number of aromatic amines is 1. The van der Waals surface area contributed by atoms with Crippen molar-refractivity contribution in [3.05, 3.63) is 40.1 Å². The van der Waals surface area contributed by atoms with Crippen LogP contribution in [-0.4, -0.2) is 26.7 Å². The molecule has 6 heteroatoms. The summed E-state index contributed by atoms with van der Waals surface area (Å²) in [6.45, 7) is 4.26. The first-order valence-electron chi connectivity index (χ1n) is 6.37. The fourth-order valence-electron chi connectivity index (χ4n) is 1.67. The summed E-state index contributed by atoms with van der Waals surface area (Å²) in [7, 11) is 0. The van der Waals surface area contributed by atoms with E-state index in [2.05, 4.69) is 45.0 Å². The maximum Gasteiger partial charge on any atom is 0.208 e. The molecular weight excluding hydrogens is 338 g/mol. The topological polar surface area (TPSA) is 58.6 Å². The Morgan fingerprint density at radius 2 is 2.05 bits per heavy atom. The van der Waals surface area contributed by atoms with Crippen LogP contribution in [0.2, 0.25) is 0 Å². The summed E-state index contributed by atoms with van der Waals surface area (Å²) in [5.74, 6) is 1.84. The molecular formula is C14H16BrN3OS. The zero-order valence-electron chi connectivity index (χ0n) is 11.4. The molecule has 0 aliphatic heterocycles. The lowest BCUT2D eigenvalue weighted by Gasteiger charge is -1.99. The lowest BCUT2D eigenvalue weighted by atomic mass is 10.1. The number of hydrogen-bond donors (Lipinski definition) is 1. The predicted octanol–water partition coefficient (Wildman–Crippen LogP) is 3.74. The average molecular weight is 354 g/mol. The largest absolute Gasteiger partial charge is 0.293 e. The maximum absolute atomic E-state index is 12.0. The van der Waals surface area contributed by atoms with E-state index in [9.17, 15) is 4.79 Å². The molecule has 0 amide bonds. The zero-order valence-corrected chi connectivity index (χ0v) is 13.8. The van der Waals surface area contributed by atoms with Gasteiger partial charge in [-0.3, -0.25) is 9.89 Å². The van der Waals surface area contributed by atoms with Gasteiger partial charge in [-0.05, 0) is 18.1 Å². The highest BCUT2D eigenvalue weighted by molar-refractivity contribution is 9.10. The Balaban J connectivity index is 1.90. The Hall–Kier alpha value is -1.14. The molecule has 0 aliphatic rings. The molecule has 0 saturated carbocycles. The number of carbonyl (C=O) groups is 1. The summed E-state index contributed by atoms with van der Waals surface area (Å²) in [5, 5.41) is 7.66. The van der Waals surface area contributed by atoms with Gasteiger partial charge in [0, 0.05) is 16.5 Å². The van der Waals surface area contributed by atoms with Crippen molar-refractivity contribution in [2.75, 3.05) is 5.75 Å². The molecule has 1 N–H and O–H groups in total. The monoisotopic (exact) mass is 353 g/mol. The SMILES string of the molecule is CC(C)Cc1nc(SCC(=O)c2ccc(Br)cc2)n[nH]1. The average Bonchev–Trinajstić information content (AvgIpc) is 2.83. The number of hydrogen-bond acceptors (Lipinski definition) is 4. The van der Waals surface area contributed by atoms with Crippen molar-refractivity contribution in [3.63, 3.8) is 0 Å². The summed E-state index contributed by atoms with van der Waals surface area (Å²) in [4.78, 5) is 16.4. The van der Waals surface area contributed by atoms with E-state index in [-0.39, 0.29) is 5.78 Å². The second kappa shape index (κ2) is 7.04. The Bertz CT molecular complexity index is 580. The van der Waals surface area contributed by atoms with E-state index in [1.807, 2.05) is 24.3 Å². The molecule has 0 saturated heterocycles. The van der Waals surface area contributed by atoms with E-state index < -0.39 is 0 Å². The third-order valence-corrected chi connectivity index (χ3v) is 3.99. The highest BCUT2D eigenvalue weighted by Gasteiger charge is 2.10. The van der Waals surface area contributed by atoms with Gasteiger partial charge < -0.3 is 0 Å². The Morgan fingerprint density at radius 1 is 1.35 bits per heavy atom. The number of halogens is 1. The third-order valence-electron chi connectivity index (χ3n) is 2.61. The number of nitrogens with one attached hydrogen (secondary N) is 1. The van der Waals surface area contributed by atoms with Gasteiger partial charge in [0.25, 0.3) is 0 Å². The summed E-state index contributed by atoms with van der Waals surface area (Å²) in [6.07, 6.45) is 0.869. The highest BCUT2D eigenvalue weighted by atomic mass is 79.9. The molecule has 0 atom stereocenters. The van der Waals surface area contributed by atoms with Crippen molar-refractivity contribution < 1.29 is 4.79 Å². The number of aromatic nitrogens is 3. The van der Waals surface area contributed by atoms with Crippen LogP contribution in [0, 0.1) is 5.92 Å². The van der Waals surface area contributed by atoms with Gasteiger partial charge in [-0.25, -0.2) is 4.98 Å². The third kappa shape index (κ3) is 4.45. The predicted molar refractivity (Wildman–Crippen MR) is 84.1 cm³/mol. The normalized spacial score (nSPS) is 11.0. The molecule has 4 nitrogen and oxygen atoms in total. The summed E-state index contributed by atoms with van der Waals surface area (Å²) in [5.41, 5.74) is 0.707. The molecule has 2 rings (SSSR count). The number of benzene rings is 1. The minimum absolute atomic E-state index is 0.0812. The molecule has 1 aromatic carbocycles. The van der Waals surface area contributed by atoms with Crippen LogP contribution in [0.15, 0.2) is 33.9 Å². The standard InChI is InChI=1S/C14H16BrN3OS/c1-9(2)7-13-16-14(18-17-13)20-8-12(19)10-3-5-11(15)6-4-10/h3-6,9H,7-8H2,1-2H3,(H,16,17,18). The van der Waals surface area contributed by atoms with Crippen LogP contribution in [-0.2, 0) is 6.42 Å². The van der Waals surface area contributed by atoms with Crippen LogP contribution in [0.1, 0.15) is 30.0 Å². The molecule has 2 aromatic rings. The number of H-pyrrole nitrogens is 1. The van der Waals surface area contributed by atoms with E-state index in [1.165, 1.54) is 11.8 Å². The molecule has 106 valence electrons. The number of rotatable bonds is 6. The number of nitrogens with zero attached hydrogens (tertiary/aromatic N) is 2. The molecule has 0 radical (unpaired) electrons. The van der Waals surface area contributed by atoms with Crippen molar-refractivity contribution in [1.29, 1.82) is 0 Å².